The van der Waals surface area contributed by atoms with Gasteiger partial charge in [0, 0.05) is 11.1 Å². The highest BCUT2D eigenvalue weighted by Gasteiger charge is 2.07. The van der Waals surface area contributed by atoms with Crippen LogP contribution in [0.15, 0.2) is 35.2 Å². The van der Waals surface area contributed by atoms with Gasteiger partial charge in [-0.2, -0.15) is 0 Å². The minimum absolute atomic E-state index is 0.197. The third-order valence-corrected chi connectivity index (χ3v) is 2.95. The Labute approximate surface area is 116 Å². The Morgan fingerprint density at radius 3 is 2.68 bits per heavy atom. The molecule has 1 heterocycles. The Bertz CT molecular complexity index is 521. The van der Waals surface area contributed by atoms with Crippen LogP contribution in [0.2, 0.25) is 0 Å². The zero-order chi connectivity index (χ0) is 13.7. The molecule has 1 aromatic carbocycles. The van der Waals surface area contributed by atoms with E-state index in [-0.39, 0.29) is 5.91 Å². The van der Waals surface area contributed by atoms with Crippen molar-refractivity contribution in [3.05, 3.63) is 40.8 Å². The second-order valence-corrected chi connectivity index (χ2v) is 5.28. The Morgan fingerprint density at radius 2 is 2.11 bits per heavy atom. The zero-order valence-corrected chi connectivity index (χ0v) is 11.7. The minimum atomic E-state index is -0.197. The maximum absolute atomic E-state index is 11.8. The Morgan fingerprint density at radius 1 is 1.37 bits per heavy atom. The van der Waals surface area contributed by atoms with Crippen LogP contribution in [0.4, 0.5) is 5.69 Å². The summed E-state index contributed by atoms with van der Waals surface area (Å²) in [6.07, 6.45) is 0. The number of nitrogens with one attached hydrogen (secondary N) is 1. The monoisotopic (exact) mass is 276 g/mol. The average molecular weight is 276 g/mol. The third kappa shape index (κ3) is 4.06. The van der Waals surface area contributed by atoms with Crippen molar-refractivity contribution < 1.29 is 9.53 Å². The van der Waals surface area contributed by atoms with Crippen LogP contribution in [0, 0.1) is 5.92 Å². The largest absolute Gasteiger partial charge is 0.493 e. The highest BCUT2D eigenvalue weighted by atomic mass is 32.1. The summed E-state index contributed by atoms with van der Waals surface area (Å²) >= 11 is 1.40. The van der Waals surface area contributed by atoms with Crippen LogP contribution in [0.25, 0.3) is 0 Å². The number of rotatable bonds is 5. The summed E-state index contributed by atoms with van der Waals surface area (Å²) in [6, 6.07) is 7.33. The standard InChI is InChI=1S/C14H16N2O2S/c1-10(2)7-18-12-5-3-11(4-6-12)16-14(17)13-8-19-9-15-13/h3-6,8-10H,7H2,1-2H3,(H,16,17). The first-order valence-corrected chi connectivity index (χ1v) is 7.02. The third-order valence-electron chi connectivity index (χ3n) is 2.36. The zero-order valence-electron chi connectivity index (χ0n) is 10.9. The van der Waals surface area contributed by atoms with Crippen molar-refractivity contribution in [1.82, 2.24) is 4.98 Å². The first-order chi connectivity index (χ1) is 9.15. The first-order valence-electron chi connectivity index (χ1n) is 6.07. The number of ether oxygens (including phenoxy) is 1. The summed E-state index contributed by atoms with van der Waals surface area (Å²) in [7, 11) is 0. The van der Waals surface area contributed by atoms with E-state index >= 15 is 0 Å². The maximum Gasteiger partial charge on any atom is 0.275 e. The van der Waals surface area contributed by atoms with E-state index in [1.807, 2.05) is 24.3 Å². The van der Waals surface area contributed by atoms with Crippen LogP contribution < -0.4 is 10.1 Å². The van der Waals surface area contributed by atoms with E-state index < -0.39 is 0 Å². The Kier molecular flexibility index (Phi) is 4.52. The van der Waals surface area contributed by atoms with Gasteiger partial charge in [-0.15, -0.1) is 11.3 Å². The number of carbonyl (C=O) groups excluding carboxylic acids is 1. The van der Waals surface area contributed by atoms with E-state index in [1.54, 1.807) is 10.9 Å². The van der Waals surface area contributed by atoms with E-state index in [4.69, 9.17) is 4.74 Å². The fourth-order valence-electron chi connectivity index (χ4n) is 1.42. The highest BCUT2D eigenvalue weighted by Crippen LogP contribution is 2.17. The second kappa shape index (κ2) is 6.33. The lowest BCUT2D eigenvalue weighted by atomic mass is 10.2. The van der Waals surface area contributed by atoms with Crippen molar-refractivity contribution in [1.29, 1.82) is 0 Å². The Hall–Kier alpha value is -1.88. The smallest absolute Gasteiger partial charge is 0.275 e. The number of hydrogen-bond donors (Lipinski definition) is 1. The lowest BCUT2D eigenvalue weighted by molar-refractivity contribution is 0.102. The van der Waals surface area contributed by atoms with Crippen molar-refractivity contribution in [3.63, 3.8) is 0 Å². The van der Waals surface area contributed by atoms with Gasteiger partial charge in [-0.1, -0.05) is 13.8 Å². The van der Waals surface area contributed by atoms with Crippen LogP contribution in [-0.2, 0) is 0 Å². The van der Waals surface area contributed by atoms with Crippen LogP contribution in [0.5, 0.6) is 5.75 Å². The number of aromatic nitrogens is 1. The van der Waals surface area contributed by atoms with Gasteiger partial charge >= 0.3 is 0 Å². The lowest BCUT2D eigenvalue weighted by Gasteiger charge is -2.09. The molecule has 0 aliphatic heterocycles. The predicted molar refractivity (Wildman–Crippen MR) is 76.8 cm³/mol. The molecule has 0 aliphatic carbocycles. The second-order valence-electron chi connectivity index (χ2n) is 4.56. The van der Waals surface area contributed by atoms with Crippen molar-refractivity contribution in [2.45, 2.75) is 13.8 Å². The summed E-state index contributed by atoms with van der Waals surface area (Å²) in [5.74, 6) is 1.10. The van der Waals surface area contributed by atoms with Gasteiger partial charge in [0.2, 0.25) is 0 Å². The number of carbonyl (C=O) groups is 1. The number of nitrogens with zero attached hydrogens (tertiary/aromatic N) is 1. The SMILES string of the molecule is CC(C)COc1ccc(NC(=O)c2cscn2)cc1. The van der Waals surface area contributed by atoms with Crippen LogP contribution in [-0.4, -0.2) is 17.5 Å². The molecular weight excluding hydrogens is 260 g/mol. The molecule has 0 radical (unpaired) electrons. The fraction of sp³-hybridized carbons (Fsp3) is 0.286. The van der Waals surface area contributed by atoms with Gasteiger partial charge in [0.1, 0.15) is 11.4 Å². The molecule has 0 saturated carbocycles. The summed E-state index contributed by atoms with van der Waals surface area (Å²) in [6.45, 7) is 4.88. The molecule has 5 heteroatoms. The predicted octanol–water partition coefficient (Wildman–Crippen LogP) is 3.43. The summed E-state index contributed by atoms with van der Waals surface area (Å²) in [5, 5.41) is 4.50. The number of thiazole rings is 1. The van der Waals surface area contributed by atoms with Crippen LogP contribution in [0.1, 0.15) is 24.3 Å². The molecule has 1 aromatic heterocycles. The molecule has 0 aliphatic rings. The molecule has 0 spiro atoms. The normalized spacial score (nSPS) is 10.5. The summed E-state index contributed by atoms with van der Waals surface area (Å²) in [5.41, 5.74) is 2.80. The molecule has 0 atom stereocenters. The van der Waals surface area contributed by atoms with Crippen molar-refractivity contribution >= 4 is 22.9 Å². The minimum Gasteiger partial charge on any atom is -0.493 e. The molecule has 19 heavy (non-hydrogen) atoms. The molecule has 2 rings (SSSR count). The molecule has 2 aromatic rings. The molecule has 100 valence electrons. The number of benzene rings is 1. The van der Waals surface area contributed by atoms with E-state index in [1.165, 1.54) is 11.3 Å². The fourth-order valence-corrected chi connectivity index (χ4v) is 1.95. The van der Waals surface area contributed by atoms with Crippen LogP contribution >= 0.6 is 11.3 Å². The first kappa shape index (κ1) is 13.5. The van der Waals surface area contributed by atoms with Crippen molar-refractivity contribution in [3.8, 4) is 5.75 Å². The molecule has 0 unspecified atom stereocenters. The summed E-state index contributed by atoms with van der Waals surface area (Å²) in [4.78, 5) is 15.7. The summed E-state index contributed by atoms with van der Waals surface area (Å²) < 4.78 is 5.58. The molecule has 4 nitrogen and oxygen atoms in total. The number of anilines is 1. The number of hydrogen-bond acceptors (Lipinski definition) is 4. The van der Waals surface area contributed by atoms with Crippen LogP contribution in [0.3, 0.4) is 0 Å². The molecule has 1 N–H and O–H groups in total. The maximum atomic E-state index is 11.8. The lowest BCUT2D eigenvalue weighted by Crippen LogP contribution is -2.12. The molecule has 0 saturated heterocycles. The van der Waals surface area contributed by atoms with E-state index in [0.717, 1.165) is 11.4 Å². The molecular formula is C14H16N2O2S. The van der Waals surface area contributed by atoms with Gasteiger partial charge in [0.25, 0.3) is 5.91 Å². The number of amides is 1. The van der Waals surface area contributed by atoms with Gasteiger partial charge in [-0.3, -0.25) is 4.79 Å². The molecule has 1 amide bonds. The van der Waals surface area contributed by atoms with E-state index in [9.17, 15) is 4.79 Å². The average Bonchev–Trinajstić information content (AvgIpc) is 2.92. The van der Waals surface area contributed by atoms with E-state index in [2.05, 4.69) is 24.1 Å². The van der Waals surface area contributed by atoms with Crippen molar-refractivity contribution in [2.24, 2.45) is 5.92 Å². The topological polar surface area (TPSA) is 51.2 Å². The Balaban J connectivity index is 1.93. The van der Waals surface area contributed by atoms with Gasteiger partial charge in [0.15, 0.2) is 0 Å². The molecule has 0 fully saturated rings. The van der Waals surface area contributed by atoms with Gasteiger partial charge < -0.3 is 10.1 Å². The van der Waals surface area contributed by atoms with Gasteiger partial charge in [0.05, 0.1) is 12.1 Å². The van der Waals surface area contributed by atoms with Crippen molar-refractivity contribution in [2.75, 3.05) is 11.9 Å². The van der Waals surface area contributed by atoms with Gasteiger partial charge in [-0.05, 0) is 30.2 Å². The quantitative estimate of drug-likeness (QED) is 0.910. The highest BCUT2D eigenvalue weighted by molar-refractivity contribution is 7.07. The molecule has 0 bridgehead atoms. The van der Waals surface area contributed by atoms with Gasteiger partial charge in [-0.25, -0.2) is 4.98 Å². The van der Waals surface area contributed by atoms with E-state index in [0.29, 0.717) is 18.2 Å².